The van der Waals surface area contributed by atoms with Crippen LogP contribution in [-0.2, 0) is 9.59 Å². The highest BCUT2D eigenvalue weighted by atomic mass is 79.9. The van der Waals surface area contributed by atoms with Crippen LogP contribution in [0, 0.1) is 5.92 Å². The average Bonchev–Trinajstić information content (AvgIpc) is 2.46. The predicted molar refractivity (Wildman–Crippen MR) is 81.8 cm³/mol. The first-order valence-electron chi connectivity index (χ1n) is 6.45. The first kappa shape index (κ1) is 15.4. The molecule has 0 spiro atoms. The van der Waals surface area contributed by atoms with Crippen LogP contribution < -0.4 is 0 Å². The fraction of sp³-hybridized carbons (Fsp3) is 0.429. The van der Waals surface area contributed by atoms with Gasteiger partial charge in [-0.3, -0.25) is 9.59 Å². The number of benzene rings is 1. The third-order valence-electron chi connectivity index (χ3n) is 3.30. The molecule has 0 unspecified atom stereocenters. The molecule has 1 saturated heterocycles. The summed E-state index contributed by atoms with van der Waals surface area (Å²) in [6.45, 7) is 1.01. The van der Waals surface area contributed by atoms with E-state index in [9.17, 15) is 9.59 Å². The lowest BCUT2D eigenvalue weighted by atomic mass is 9.98. The van der Waals surface area contributed by atoms with Crippen LogP contribution in [-0.4, -0.2) is 40.7 Å². The Hall–Kier alpha value is -1.01. The van der Waals surface area contributed by atoms with Gasteiger partial charge in [0.2, 0.25) is 5.91 Å². The molecule has 0 radical (unpaired) electrons. The fourth-order valence-corrected chi connectivity index (χ4v) is 3.24. The van der Waals surface area contributed by atoms with Gasteiger partial charge in [-0.15, -0.1) is 11.8 Å². The van der Waals surface area contributed by atoms with Crippen molar-refractivity contribution in [3.63, 3.8) is 0 Å². The Morgan fingerprint density at radius 3 is 2.70 bits per heavy atom. The molecule has 1 aromatic carbocycles. The Bertz CT molecular complexity index is 492. The van der Waals surface area contributed by atoms with Gasteiger partial charge in [-0.05, 0) is 37.1 Å². The van der Waals surface area contributed by atoms with E-state index in [1.807, 2.05) is 24.3 Å². The van der Waals surface area contributed by atoms with Crippen LogP contribution in [0.15, 0.2) is 33.6 Å². The maximum atomic E-state index is 12.1. The van der Waals surface area contributed by atoms with Crippen molar-refractivity contribution in [1.82, 2.24) is 4.90 Å². The first-order chi connectivity index (χ1) is 9.56. The van der Waals surface area contributed by atoms with E-state index in [4.69, 9.17) is 5.11 Å². The summed E-state index contributed by atoms with van der Waals surface area (Å²) in [6.07, 6.45) is 1.44. The number of aliphatic carboxylic acids is 1. The van der Waals surface area contributed by atoms with Crippen molar-refractivity contribution in [3.05, 3.63) is 28.7 Å². The smallest absolute Gasteiger partial charge is 0.308 e. The van der Waals surface area contributed by atoms with Crippen molar-refractivity contribution < 1.29 is 14.7 Å². The molecule has 1 aromatic rings. The molecule has 0 aliphatic carbocycles. The number of hydrogen-bond acceptors (Lipinski definition) is 3. The minimum absolute atomic E-state index is 0.0175. The van der Waals surface area contributed by atoms with E-state index < -0.39 is 11.9 Å². The number of amides is 1. The zero-order valence-corrected chi connectivity index (χ0v) is 13.3. The minimum Gasteiger partial charge on any atom is -0.481 e. The molecule has 4 nitrogen and oxygen atoms in total. The summed E-state index contributed by atoms with van der Waals surface area (Å²) in [5.41, 5.74) is 0. The Morgan fingerprint density at radius 2 is 2.05 bits per heavy atom. The van der Waals surface area contributed by atoms with Gasteiger partial charge in [0.1, 0.15) is 0 Å². The molecule has 20 heavy (non-hydrogen) atoms. The lowest BCUT2D eigenvalue weighted by Gasteiger charge is -2.30. The van der Waals surface area contributed by atoms with Crippen LogP contribution in [0.4, 0.5) is 0 Å². The number of carboxylic acid groups (broad SMARTS) is 1. The number of rotatable bonds is 4. The van der Waals surface area contributed by atoms with Gasteiger partial charge in [-0.25, -0.2) is 0 Å². The molecule has 0 bridgehead atoms. The van der Waals surface area contributed by atoms with Gasteiger partial charge < -0.3 is 10.0 Å². The van der Waals surface area contributed by atoms with E-state index in [2.05, 4.69) is 15.9 Å². The van der Waals surface area contributed by atoms with Crippen LogP contribution >= 0.6 is 27.7 Å². The van der Waals surface area contributed by atoms with Gasteiger partial charge in [0.05, 0.1) is 11.7 Å². The molecule has 1 N–H and O–H groups in total. The summed E-state index contributed by atoms with van der Waals surface area (Å²) >= 11 is 4.85. The molecule has 1 fully saturated rings. The maximum Gasteiger partial charge on any atom is 0.308 e. The van der Waals surface area contributed by atoms with E-state index in [0.29, 0.717) is 25.3 Å². The lowest BCUT2D eigenvalue weighted by Crippen LogP contribution is -2.43. The molecule has 0 saturated carbocycles. The Balaban J connectivity index is 1.85. The van der Waals surface area contributed by atoms with E-state index in [0.717, 1.165) is 15.8 Å². The van der Waals surface area contributed by atoms with Crippen molar-refractivity contribution in [1.29, 1.82) is 0 Å². The summed E-state index contributed by atoms with van der Waals surface area (Å²) in [5.74, 6) is -0.842. The number of likely N-dealkylation sites (tertiary alicyclic amines) is 1. The predicted octanol–water partition coefficient (Wildman–Crippen LogP) is 2.86. The van der Waals surface area contributed by atoms with Gasteiger partial charge in [-0.1, -0.05) is 15.9 Å². The highest BCUT2D eigenvalue weighted by Crippen LogP contribution is 2.22. The monoisotopic (exact) mass is 357 g/mol. The molecule has 1 heterocycles. The Labute approximate surface area is 130 Å². The molecular weight excluding hydrogens is 342 g/mol. The summed E-state index contributed by atoms with van der Waals surface area (Å²) in [7, 11) is 0. The number of thioether (sulfide) groups is 1. The second kappa shape index (κ2) is 7.13. The molecule has 0 aromatic heterocycles. The zero-order valence-electron chi connectivity index (χ0n) is 10.9. The van der Waals surface area contributed by atoms with Crippen LogP contribution in [0.3, 0.4) is 0 Å². The number of hydrogen-bond donors (Lipinski definition) is 1. The standard InChI is InChI=1S/C14H16BrNO3S/c15-11-3-5-12(6-4-11)20-9-13(17)16-7-1-2-10(8-16)14(18)19/h3-6,10H,1-2,7-9H2,(H,18,19)/t10-/m1/s1. The van der Waals surface area contributed by atoms with Crippen molar-refractivity contribution in [2.45, 2.75) is 17.7 Å². The topological polar surface area (TPSA) is 57.6 Å². The first-order valence-corrected chi connectivity index (χ1v) is 8.23. The number of nitrogens with zero attached hydrogens (tertiary/aromatic N) is 1. The van der Waals surface area contributed by atoms with E-state index in [1.165, 1.54) is 11.8 Å². The third-order valence-corrected chi connectivity index (χ3v) is 4.82. The summed E-state index contributed by atoms with van der Waals surface area (Å²) in [4.78, 5) is 25.8. The molecule has 1 aliphatic rings. The van der Waals surface area contributed by atoms with Crippen molar-refractivity contribution in [2.24, 2.45) is 5.92 Å². The maximum absolute atomic E-state index is 12.1. The third kappa shape index (κ3) is 4.24. The molecule has 1 aliphatic heterocycles. The minimum atomic E-state index is -0.803. The van der Waals surface area contributed by atoms with E-state index in [-0.39, 0.29) is 5.91 Å². The van der Waals surface area contributed by atoms with Gasteiger partial charge in [0.25, 0.3) is 0 Å². The number of piperidine rings is 1. The van der Waals surface area contributed by atoms with Gasteiger partial charge >= 0.3 is 5.97 Å². The second-order valence-electron chi connectivity index (χ2n) is 4.76. The number of halogens is 1. The second-order valence-corrected chi connectivity index (χ2v) is 6.72. The summed E-state index contributed by atoms with van der Waals surface area (Å²) < 4.78 is 1.01. The van der Waals surface area contributed by atoms with Crippen LogP contribution in [0.2, 0.25) is 0 Å². The van der Waals surface area contributed by atoms with Crippen LogP contribution in [0.5, 0.6) is 0 Å². The molecule has 2 rings (SSSR count). The molecule has 1 amide bonds. The number of carboxylic acids is 1. The molecular formula is C14H16BrNO3S. The fourth-order valence-electron chi connectivity index (χ4n) is 2.17. The Kier molecular flexibility index (Phi) is 5.48. The van der Waals surface area contributed by atoms with E-state index in [1.54, 1.807) is 4.90 Å². The highest BCUT2D eigenvalue weighted by Gasteiger charge is 2.27. The SMILES string of the molecule is O=C(O)[C@@H]1CCCN(C(=O)CSc2ccc(Br)cc2)C1. The van der Waals surface area contributed by atoms with Crippen molar-refractivity contribution in [2.75, 3.05) is 18.8 Å². The Morgan fingerprint density at radius 1 is 1.35 bits per heavy atom. The largest absolute Gasteiger partial charge is 0.481 e. The zero-order chi connectivity index (χ0) is 14.5. The van der Waals surface area contributed by atoms with Crippen molar-refractivity contribution >= 4 is 39.6 Å². The number of carbonyl (C=O) groups is 2. The number of carbonyl (C=O) groups excluding carboxylic acids is 1. The molecule has 6 heteroatoms. The van der Waals surface area contributed by atoms with Crippen LogP contribution in [0.25, 0.3) is 0 Å². The summed E-state index contributed by atoms with van der Waals surface area (Å²) in [5, 5.41) is 9.02. The van der Waals surface area contributed by atoms with Crippen LogP contribution in [0.1, 0.15) is 12.8 Å². The van der Waals surface area contributed by atoms with E-state index >= 15 is 0 Å². The van der Waals surface area contributed by atoms with Crippen molar-refractivity contribution in [3.8, 4) is 0 Å². The molecule has 1 atom stereocenters. The normalized spacial score (nSPS) is 18.9. The average molecular weight is 358 g/mol. The molecule has 108 valence electrons. The summed E-state index contributed by atoms with van der Waals surface area (Å²) in [6, 6.07) is 7.79. The lowest BCUT2D eigenvalue weighted by molar-refractivity contribution is -0.145. The quantitative estimate of drug-likeness (QED) is 0.841. The highest BCUT2D eigenvalue weighted by molar-refractivity contribution is 9.10. The van der Waals surface area contributed by atoms with Gasteiger partial charge in [0.15, 0.2) is 0 Å². The van der Waals surface area contributed by atoms with Gasteiger partial charge in [0, 0.05) is 22.5 Å². The van der Waals surface area contributed by atoms with Gasteiger partial charge in [-0.2, -0.15) is 0 Å².